The Bertz CT molecular complexity index is 877. The Labute approximate surface area is 150 Å². The van der Waals surface area contributed by atoms with Gasteiger partial charge in [0, 0.05) is 0 Å². The molecule has 0 atom stereocenters. The van der Waals surface area contributed by atoms with Crippen molar-refractivity contribution in [2.75, 3.05) is 18.7 Å². The third-order valence-corrected chi connectivity index (χ3v) is 3.87. The second-order valence-electron chi connectivity index (χ2n) is 4.63. The first-order chi connectivity index (χ1) is 12.1. The monoisotopic (exact) mass is 380 g/mol. The van der Waals surface area contributed by atoms with Crippen LogP contribution in [0.15, 0.2) is 23.3 Å². The van der Waals surface area contributed by atoms with Gasteiger partial charge in [0.2, 0.25) is 11.9 Å². The van der Waals surface area contributed by atoms with Crippen LogP contribution in [-0.4, -0.2) is 41.7 Å². The Kier molecular flexibility index (Phi) is 5.20. The number of rotatable bonds is 5. The van der Waals surface area contributed by atoms with Crippen LogP contribution in [0.5, 0.6) is 11.5 Å². The lowest BCUT2D eigenvalue weighted by Gasteiger charge is -2.03. The number of benzene rings is 1. The van der Waals surface area contributed by atoms with Gasteiger partial charge in [-0.15, -0.1) is 5.10 Å². The number of hydrogen-bond donors (Lipinski definition) is 4. The number of nitrogens with one attached hydrogen (secondary N) is 4. The first-order valence-corrected chi connectivity index (χ1v) is 8.14. The first-order valence-electron chi connectivity index (χ1n) is 6.92. The molecule has 130 valence electrons. The topological polar surface area (TPSA) is 130 Å². The van der Waals surface area contributed by atoms with Gasteiger partial charge in [0.1, 0.15) is 6.54 Å². The molecule has 3 rings (SSSR count). The van der Waals surface area contributed by atoms with Crippen LogP contribution in [0.25, 0.3) is 0 Å². The Morgan fingerprint density at radius 1 is 1.40 bits per heavy atom. The van der Waals surface area contributed by atoms with Crippen LogP contribution in [0.3, 0.4) is 0 Å². The highest BCUT2D eigenvalue weighted by atomic mass is 32.1. The summed E-state index contributed by atoms with van der Waals surface area (Å²) in [6, 6.07) is 4.68. The third-order valence-electron chi connectivity index (χ3n) is 2.87. The lowest BCUT2D eigenvalue weighted by Crippen LogP contribution is -2.37. The van der Waals surface area contributed by atoms with Crippen molar-refractivity contribution >= 4 is 46.8 Å². The number of anilines is 1. The van der Waals surface area contributed by atoms with E-state index in [0.717, 1.165) is 16.9 Å². The van der Waals surface area contributed by atoms with E-state index in [2.05, 4.69) is 31.4 Å². The smallest absolute Gasteiger partial charge is 0.321 e. The van der Waals surface area contributed by atoms with Crippen LogP contribution in [0.4, 0.5) is 9.93 Å². The van der Waals surface area contributed by atoms with Crippen molar-refractivity contribution in [1.29, 1.82) is 0 Å². The largest absolute Gasteiger partial charge is 0.454 e. The van der Waals surface area contributed by atoms with E-state index >= 15 is 0 Å². The quantitative estimate of drug-likeness (QED) is 0.350. The number of fused-ring (bicyclic) bond motifs is 1. The van der Waals surface area contributed by atoms with Gasteiger partial charge in [-0.25, -0.2) is 10.2 Å². The number of urea groups is 1. The molecule has 0 unspecified atom stereocenters. The number of hydrazone groups is 1. The van der Waals surface area contributed by atoms with Crippen molar-refractivity contribution in [1.82, 2.24) is 20.9 Å². The maximum absolute atomic E-state index is 11.6. The standard InChI is InChI=1S/C13H12N6O4S2/c20-10(5-14-11(21)16-12-18-19-13(24)25-12)17-15-4-7-1-2-8-9(3-7)23-6-22-8/h1-4H,5-6H2,(H,17,20)(H,19,24)(H2,14,16,18,21)/b15-4+. The fraction of sp³-hybridized carbons (Fsp3) is 0.154. The number of amides is 3. The summed E-state index contributed by atoms with van der Waals surface area (Å²) in [5, 5.41) is 15.2. The summed E-state index contributed by atoms with van der Waals surface area (Å²) in [7, 11) is 0. The summed E-state index contributed by atoms with van der Waals surface area (Å²) in [6.45, 7) is -0.0622. The number of carbonyl (C=O) groups excluding carboxylic acids is 2. The van der Waals surface area contributed by atoms with Crippen molar-refractivity contribution in [3.05, 3.63) is 27.7 Å². The Morgan fingerprint density at radius 2 is 2.24 bits per heavy atom. The van der Waals surface area contributed by atoms with Crippen LogP contribution in [-0.2, 0) is 4.79 Å². The van der Waals surface area contributed by atoms with E-state index in [1.54, 1.807) is 18.2 Å². The maximum atomic E-state index is 11.6. The van der Waals surface area contributed by atoms with Crippen molar-refractivity contribution in [3.63, 3.8) is 0 Å². The van der Waals surface area contributed by atoms with Gasteiger partial charge in [-0.2, -0.15) is 5.10 Å². The van der Waals surface area contributed by atoms with Gasteiger partial charge in [0.15, 0.2) is 15.5 Å². The van der Waals surface area contributed by atoms with E-state index in [0.29, 0.717) is 20.6 Å². The predicted octanol–water partition coefficient (Wildman–Crippen LogP) is 1.20. The molecule has 25 heavy (non-hydrogen) atoms. The molecule has 0 bridgehead atoms. The average Bonchev–Trinajstić information content (AvgIpc) is 3.21. The third kappa shape index (κ3) is 4.74. The van der Waals surface area contributed by atoms with Gasteiger partial charge in [-0.1, -0.05) is 11.3 Å². The molecule has 0 aliphatic carbocycles. The van der Waals surface area contributed by atoms with Crippen LogP contribution in [0.2, 0.25) is 0 Å². The van der Waals surface area contributed by atoms with E-state index in [9.17, 15) is 9.59 Å². The van der Waals surface area contributed by atoms with Crippen LogP contribution in [0.1, 0.15) is 5.56 Å². The molecule has 0 saturated carbocycles. The Balaban J connectivity index is 1.41. The molecule has 0 saturated heterocycles. The molecule has 1 aromatic carbocycles. The first kappa shape index (κ1) is 16.9. The second-order valence-corrected chi connectivity index (χ2v) is 6.30. The van der Waals surface area contributed by atoms with E-state index in [4.69, 9.17) is 21.7 Å². The van der Waals surface area contributed by atoms with Gasteiger partial charge in [0.05, 0.1) is 6.21 Å². The zero-order valence-electron chi connectivity index (χ0n) is 12.6. The van der Waals surface area contributed by atoms with Crippen LogP contribution >= 0.6 is 23.6 Å². The van der Waals surface area contributed by atoms with Crippen molar-refractivity contribution in [3.8, 4) is 11.5 Å². The minimum Gasteiger partial charge on any atom is -0.454 e. The summed E-state index contributed by atoms with van der Waals surface area (Å²) in [5.41, 5.74) is 3.03. The van der Waals surface area contributed by atoms with E-state index in [-0.39, 0.29) is 13.3 Å². The molecule has 2 aromatic rings. The minimum absolute atomic E-state index is 0.188. The summed E-state index contributed by atoms with van der Waals surface area (Å²) in [4.78, 5) is 23.2. The zero-order valence-corrected chi connectivity index (χ0v) is 14.2. The summed E-state index contributed by atoms with van der Waals surface area (Å²) in [6.07, 6.45) is 1.45. The van der Waals surface area contributed by atoms with Gasteiger partial charge >= 0.3 is 6.03 Å². The number of nitrogens with zero attached hydrogens (tertiary/aromatic N) is 2. The molecule has 0 fully saturated rings. The van der Waals surface area contributed by atoms with Gasteiger partial charge < -0.3 is 14.8 Å². The number of aromatic amines is 1. The molecule has 2 heterocycles. The van der Waals surface area contributed by atoms with Gasteiger partial charge in [-0.05, 0) is 36.0 Å². The SMILES string of the molecule is O=C(CNC(=O)Nc1n[nH]c(=S)s1)N/N=C/c1ccc2c(c1)OCO2. The highest BCUT2D eigenvalue weighted by Gasteiger charge is 2.12. The van der Waals surface area contributed by atoms with Crippen molar-refractivity contribution < 1.29 is 19.1 Å². The lowest BCUT2D eigenvalue weighted by atomic mass is 10.2. The molecule has 10 nitrogen and oxygen atoms in total. The molecule has 0 radical (unpaired) electrons. The van der Waals surface area contributed by atoms with E-state index in [1.165, 1.54) is 6.21 Å². The molecular formula is C13H12N6O4S2. The summed E-state index contributed by atoms with van der Waals surface area (Å²) < 4.78 is 10.9. The predicted molar refractivity (Wildman–Crippen MR) is 92.6 cm³/mol. The molecule has 1 aromatic heterocycles. The Morgan fingerprint density at radius 3 is 3.04 bits per heavy atom. The number of H-pyrrole nitrogens is 1. The normalized spacial score (nSPS) is 12.2. The second kappa shape index (κ2) is 7.72. The molecule has 3 amide bonds. The highest BCUT2D eigenvalue weighted by molar-refractivity contribution is 7.73. The fourth-order valence-electron chi connectivity index (χ4n) is 1.80. The number of ether oxygens (including phenoxy) is 2. The molecule has 1 aliphatic rings. The summed E-state index contributed by atoms with van der Waals surface area (Å²) >= 11 is 5.94. The molecule has 1 aliphatic heterocycles. The molecule has 4 N–H and O–H groups in total. The number of hydrogen-bond acceptors (Lipinski definition) is 8. The van der Waals surface area contributed by atoms with Crippen LogP contribution in [0, 0.1) is 3.95 Å². The zero-order chi connectivity index (χ0) is 17.6. The van der Waals surface area contributed by atoms with Crippen molar-refractivity contribution in [2.24, 2.45) is 5.10 Å². The highest BCUT2D eigenvalue weighted by Crippen LogP contribution is 2.31. The lowest BCUT2D eigenvalue weighted by molar-refractivity contribution is -0.120. The maximum Gasteiger partial charge on any atom is 0.321 e. The van der Waals surface area contributed by atoms with E-state index in [1.807, 2.05) is 0 Å². The van der Waals surface area contributed by atoms with Crippen molar-refractivity contribution in [2.45, 2.75) is 0 Å². The molecular weight excluding hydrogens is 368 g/mol. The minimum atomic E-state index is -0.576. The average molecular weight is 380 g/mol. The fourth-order valence-corrected chi connectivity index (χ4v) is 2.58. The van der Waals surface area contributed by atoms with Gasteiger partial charge in [-0.3, -0.25) is 15.2 Å². The molecule has 12 heteroatoms. The van der Waals surface area contributed by atoms with Crippen LogP contribution < -0.4 is 25.5 Å². The number of carbonyl (C=O) groups is 2. The Hall–Kier alpha value is -2.99. The van der Waals surface area contributed by atoms with Gasteiger partial charge in [0.25, 0.3) is 5.91 Å². The van der Waals surface area contributed by atoms with E-state index < -0.39 is 11.9 Å². The summed E-state index contributed by atoms with van der Waals surface area (Å²) in [5.74, 6) is 0.800. The number of aromatic nitrogens is 2. The molecule has 0 spiro atoms.